The van der Waals surface area contributed by atoms with Crippen molar-refractivity contribution >= 4 is 11.6 Å². The molecule has 0 aliphatic carbocycles. The summed E-state index contributed by atoms with van der Waals surface area (Å²) in [5, 5.41) is 10.3. The smallest absolute Gasteiger partial charge is 0.244 e. The molecule has 1 aliphatic heterocycles. The maximum absolute atomic E-state index is 12.1. The molecule has 2 heterocycles. The van der Waals surface area contributed by atoms with Gasteiger partial charge in [-0.25, -0.2) is 0 Å². The highest BCUT2D eigenvalue weighted by atomic mass is 16.5. The zero-order valence-corrected chi connectivity index (χ0v) is 11.9. The lowest BCUT2D eigenvalue weighted by Crippen LogP contribution is -2.53. The van der Waals surface area contributed by atoms with E-state index < -0.39 is 0 Å². The molecule has 0 unspecified atom stereocenters. The first kappa shape index (κ1) is 14.0. The Labute approximate surface area is 113 Å². The first-order valence-corrected chi connectivity index (χ1v) is 6.59. The molecular weight excluding hydrogens is 244 g/mol. The van der Waals surface area contributed by atoms with E-state index in [-0.39, 0.29) is 23.6 Å². The number of ether oxygens (including phenoxy) is 1. The van der Waals surface area contributed by atoms with Gasteiger partial charge in [0, 0.05) is 12.7 Å². The number of carbonyl (C=O) groups excluding carboxylic acids is 1. The zero-order valence-electron chi connectivity index (χ0n) is 11.9. The quantitative estimate of drug-likeness (QED) is 0.836. The fourth-order valence-electron chi connectivity index (χ4n) is 2.00. The average Bonchev–Trinajstić information content (AvgIpc) is 2.77. The second-order valence-corrected chi connectivity index (χ2v) is 5.84. The van der Waals surface area contributed by atoms with Crippen LogP contribution in [-0.4, -0.2) is 41.0 Å². The van der Waals surface area contributed by atoms with Crippen molar-refractivity contribution in [3.05, 3.63) is 12.4 Å². The summed E-state index contributed by atoms with van der Waals surface area (Å²) in [5.41, 5.74) is 0.613. The molecule has 0 aromatic carbocycles. The number of morpholine rings is 1. The summed E-state index contributed by atoms with van der Waals surface area (Å²) in [6, 6.07) is -0.313. The Hall–Kier alpha value is -1.40. The predicted molar refractivity (Wildman–Crippen MR) is 73.1 cm³/mol. The van der Waals surface area contributed by atoms with Gasteiger partial charge in [-0.2, -0.15) is 5.10 Å². The van der Waals surface area contributed by atoms with E-state index in [0.717, 1.165) is 0 Å². The van der Waals surface area contributed by atoms with Gasteiger partial charge in [0.15, 0.2) is 0 Å². The fourth-order valence-corrected chi connectivity index (χ4v) is 2.00. The molecule has 0 bridgehead atoms. The molecule has 1 aromatic heterocycles. The minimum absolute atomic E-state index is 0.0827. The number of rotatable bonds is 2. The first-order chi connectivity index (χ1) is 8.88. The van der Waals surface area contributed by atoms with Crippen molar-refractivity contribution in [2.45, 2.75) is 45.4 Å². The Kier molecular flexibility index (Phi) is 3.91. The second kappa shape index (κ2) is 5.30. The van der Waals surface area contributed by atoms with Crippen LogP contribution in [0.4, 0.5) is 5.69 Å². The molecule has 19 heavy (non-hydrogen) atoms. The Balaban J connectivity index is 2.00. The van der Waals surface area contributed by atoms with Gasteiger partial charge in [0.05, 0.1) is 30.1 Å². The lowest BCUT2D eigenvalue weighted by Gasteiger charge is -2.29. The van der Waals surface area contributed by atoms with Crippen LogP contribution in [0.5, 0.6) is 0 Å². The minimum atomic E-state index is -0.313. The van der Waals surface area contributed by atoms with Crippen LogP contribution in [0, 0.1) is 0 Å². The third kappa shape index (κ3) is 3.33. The van der Waals surface area contributed by atoms with Crippen molar-refractivity contribution in [3.63, 3.8) is 0 Å². The Morgan fingerprint density at radius 2 is 2.32 bits per heavy atom. The summed E-state index contributed by atoms with van der Waals surface area (Å²) in [6.45, 7) is 9.42. The molecule has 0 spiro atoms. The Morgan fingerprint density at radius 3 is 2.89 bits per heavy atom. The summed E-state index contributed by atoms with van der Waals surface area (Å²) in [7, 11) is 0. The van der Waals surface area contributed by atoms with Gasteiger partial charge >= 0.3 is 0 Å². The van der Waals surface area contributed by atoms with Crippen molar-refractivity contribution in [1.29, 1.82) is 0 Å². The van der Waals surface area contributed by atoms with E-state index in [1.165, 1.54) is 0 Å². The molecule has 1 amide bonds. The summed E-state index contributed by atoms with van der Waals surface area (Å²) in [5.74, 6) is -0.0827. The summed E-state index contributed by atoms with van der Waals surface area (Å²) >= 11 is 0. The molecule has 106 valence electrons. The van der Waals surface area contributed by atoms with Gasteiger partial charge in [0.2, 0.25) is 5.91 Å². The van der Waals surface area contributed by atoms with Gasteiger partial charge in [0.25, 0.3) is 0 Å². The molecule has 1 saturated heterocycles. The van der Waals surface area contributed by atoms with Crippen LogP contribution in [0.25, 0.3) is 0 Å². The fraction of sp³-hybridized carbons (Fsp3) is 0.692. The van der Waals surface area contributed by atoms with Crippen LogP contribution in [0.2, 0.25) is 0 Å². The molecule has 6 heteroatoms. The maximum atomic E-state index is 12.1. The van der Waals surface area contributed by atoms with E-state index in [2.05, 4.69) is 36.5 Å². The molecule has 0 saturated carbocycles. The largest absolute Gasteiger partial charge is 0.375 e. The lowest BCUT2D eigenvalue weighted by atomic mass is 10.1. The van der Waals surface area contributed by atoms with Gasteiger partial charge in [0.1, 0.15) is 6.04 Å². The SMILES string of the molecule is C[C@H]1OCCN[C@@H]1C(=O)Nc1cnn(C(C)(C)C)c1. The van der Waals surface area contributed by atoms with E-state index in [1.807, 2.05) is 17.8 Å². The third-order valence-corrected chi connectivity index (χ3v) is 3.14. The van der Waals surface area contributed by atoms with Crippen LogP contribution in [0.1, 0.15) is 27.7 Å². The molecule has 2 atom stereocenters. The standard InChI is InChI=1S/C13H22N4O2/c1-9-11(14-5-6-19-9)12(18)16-10-7-15-17(8-10)13(2,3)4/h7-9,11,14H,5-6H2,1-4H3,(H,16,18)/t9-,11+/m1/s1. The maximum Gasteiger partial charge on any atom is 0.244 e. The van der Waals surface area contributed by atoms with E-state index in [0.29, 0.717) is 18.8 Å². The third-order valence-electron chi connectivity index (χ3n) is 3.14. The summed E-state index contributed by atoms with van der Waals surface area (Å²) < 4.78 is 7.29. The van der Waals surface area contributed by atoms with Crippen molar-refractivity contribution in [1.82, 2.24) is 15.1 Å². The van der Waals surface area contributed by atoms with Crippen molar-refractivity contribution in [3.8, 4) is 0 Å². The molecule has 1 aromatic rings. The number of amides is 1. The number of anilines is 1. The number of hydrogen-bond acceptors (Lipinski definition) is 4. The number of nitrogens with zero attached hydrogens (tertiary/aromatic N) is 2. The molecule has 2 rings (SSSR count). The van der Waals surface area contributed by atoms with Gasteiger partial charge in [-0.05, 0) is 27.7 Å². The van der Waals surface area contributed by atoms with Crippen LogP contribution in [-0.2, 0) is 15.1 Å². The van der Waals surface area contributed by atoms with E-state index in [9.17, 15) is 4.79 Å². The topological polar surface area (TPSA) is 68.2 Å². The monoisotopic (exact) mass is 266 g/mol. The van der Waals surface area contributed by atoms with Crippen molar-refractivity contribution < 1.29 is 9.53 Å². The van der Waals surface area contributed by atoms with Crippen LogP contribution in [0.3, 0.4) is 0 Å². The van der Waals surface area contributed by atoms with Crippen LogP contribution >= 0.6 is 0 Å². The van der Waals surface area contributed by atoms with Crippen LogP contribution < -0.4 is 10.6 Å². The zero-order chi connectivity index (χ0) is 14.0. The molecule has 1 fully saturated rings. The number of nitrogens with one attached hydrogen (secondary N) is 2. The second-order valence-electron chi connectivity index (χ2n) is 5.84. The van der Waals surface area contributed by atoms with E-state index >= 15 is 0 Å². The van der Waals surface area contributed by atoms with Crippen molar-refractivity contribution in [2.75, 3.05) is 18.5 Å². The molecule has 2 N–H and O–H groups in total. The van der Waals surface area contributed by atoms with Crippen molar-refractivity contribution in [2.24, 2.45) is 0 Å². The van der Waals surface area contributed by atoms with E-state index in [4.69, 9.17) is 4.74 Å². The van der Waals surface area contributed by atoms with E-state index in [1.54, 1.807) is 6.20 Å². The number of carbonyl (C=O) groups is 1. The normalized spacial score (nSPS) is 24.2. The van der Waals surface area contributed by atoms with Gasteiger partial charge in [-0.1, -0.05) is 0 Å². The minimum Gasteiger partial charge on any atom is -0.375 e. The summed E-state index contributed by atoms with van der Waals surface area (Å²) in [6.07, 6.45) is 3.38. The lowest BCUT2D eigenvalue weighted by molar-refractivity contribution is -0.123. The Bertz CT molecular complexity index is 450. The highest BCUT2D eigenvalue weighted by molar-refractivity contribution is 5.95. The molecular formula is C13H22N4O2. The molecule has 0 radical (unpaired) electrons. The highest BCUT2D eigenvalue weighted by Crippen LogP contribution is 2.16. The van der Waals surface area contributed by atoms with Gasteiger partial charge in [-0.15, -0.1) is 0 Å². The predicted octanol–water partition coefficient (Wildman–Crippen LogP) is 0.953. The molecule has 1 aliphatic rings. The average molecular weight is 266 g/mol. The summed E-state index contributed by atoms with van der Waals surface area (Å²) in [4.78, 5) is 12.1. The molecule has 6 nitrogen and oxygen atoms in total. The number of aromatic nitrogens is 2. The van der Waals surface area contributed by atoms with Gasteiger partial charge < -0.3 is 15.4 Å². The highest BCUT2D eigenvalue weighted by Gasteiger charge is 2.28. The Morgan fingerprint density at radius 1 is 1.58 bits per heavy atom. The van der Waals surface area contributed by atoms with Gasteiger partial charge in [-0.3, -0.25) is 9.48 Å². The first-order valence-electron chi connectivity index (χ1n) is 6.59. The number of hydrogen-bond donors (Lipinski definition) is 2. The van der Waals surface area contributed by atoms with Crippen LogP contribution in [0.15, 0.2) is 12.4 Å².